The van der Waals surface area contributed by atoms with Crippen molar-refractivity contribution in [1.29, 1.82) is 0 Å². The molecule has 18 heavy (non-hydrogen) atoms. The van der Waals surface area contributed by atoms with Gasteiger partial charge in [-0.2, -0.15) is 0 Å². The van der Waals surface area contributed by atoms with Crippen LogP contribution in [-0.2, 0) is 4.79 Å². The number of carbonyl (C=O) groups excluding carboxylic acids is 2. The second-order valence-corrected chi connectivity index (χ2v) is 5.26. The summed E-state index contributed by atoms with van der Waals surface area (Å²) in [5.41, 5.74) is 1.19. The summed E-state index contributed by atoms with van der Waals surface area (Å²) < 4.78 is 0. The van der Waals surface area contributed by atoms with E-state index in [0.29, 0.717) is 11.3 Å². The molecule has 1 atom stereocenters. The van der Waals surface area contributed by atoms with Gasteiger partial charge in [-0.1, -0.05) is 6.07 Å². The zero-order valence-electron chi connectivity index (χ0n) is 10.5. The van der Waals surface area contributed by atoms with Gasteiger partial charge in [0.2, 0.25) is 0 Å². The molecule has 3 amide bonds. The molecule has 96 valence electrons. The minimum Gasteiger partial charge on any atom is -0.345 e. The average molecular weight is 265 g/mol. The van der Waals surface area contributed by atoms with E-state index < -0.39 is 0 Å². The lowest BCUT2D eigenvalue weighted by atomic mass is 10.0. The fourth-order valence-corrected chi connectivity index (χ4v) is 2.67. The maximum Gasteiger partial charge on any atom is 0.319 e. The Morgan fingerprint density at radius 3 is 2.72 bits per heavy atom. The first kappa shape index (κ1) is 12.6. The lowest BCUT2D eigenvalue weighted by molar-refractivity contribution is -0.125. The van der Waals surface area contributed by atoms with Crippen molar-refractivity contribution in [3.63, 3.8) is 0 Å². The summed E-state index contributed by atoms with van der Waals surface area (Å²) in [6.45, 7) is 1.75. The molecule has 1 aliphatic heterocycles. The summed E-state index contributed by atoms with van der Waals surface area (Å²) >= 11 is 1.52. The molecule has 1 aromatic heterocycles. The van der Waals surface area contributed by atoms with Crippen molar-refractivity contribution in [2.75, 3.05) is 14.1 Å². The van der Waals surface area contributed by atoms with Gasteiger partial charge in [-0.15, -0.1) is 11.3 Å². The molecule has 0 saturated heterocycles. The molecular weight excluding hydrogens is 250 g/mol. The highest BCUT2D eigenvalue weighted by Gasteiger charge is 2.32. The van der Waals surface area contributed by atoms with Gasteiger partial charge in [-0.05, 0) is 18.4 Å². The van der Waals surface area contributed by atoms with Crippen molar-refractivity contribution >= 4 is 23.3 Å². The number of allylic oxidation sites excluding steroid dienone is 1. The van der Waals surface area contributed by atoms with E-state index in [0.717, 1.165) is 4.88 Å². The Balaban J connectivity index is 2.45. The highest BCUT2D eigenvalue weighted by atomic mass is 32.1. The second kappa shape index (κ2) is 4.81. The third-order valence-electron chi connectivity index (χ3n) is 2.73. The Morgan fingerprint density at radius 2 is 2.17 bits per heavy atom. The summed E-state index contributed by atoms with van der Waals surface area (Å²) in [6.07, 6.45) is 0. The van der Waals surface area contributed by atoms with Crippen LogP contribution in [0.2, 0.25) is 0 Å². The van der Waals surface area contributed by atoms with E-state index in [-0.39, 0.29) is 18.0 Å². The quantitative estimate of drug-likeness (QED) is 0.850. The molecule has 0 saturated carbocycles. The fraction of sp³-hybridized carbons (Fsp3) is 0.333. The van der Waals surface area contributed by atoms with Crippen LogP contribution in [-0.4, -0.2) is 30.9 Å². The Labute approximate surface area is 109 Å². The van der Waals surface area contributed by atoms with Crippen molar-refractivity contribution < 1.29 is 9.59 Å². The summed E-state index contributed by atoms with van der Waals surface area (Å²) in [5, 5.41) is 7.36. The minimum absolute atomic E-state index is 0.0987. The third-order valence-corrected chi connectivity index (χ3v) is 3.67. The maximum atomic E-state index is 12.2. The van der Waals surface area contributed by atoms with Gasteiger partial charge >= 0.3 is 6.03 Å². The predicted octanol–water partition coefficient (Wildman–Crippen LogP) is 1.46. The highest BCUT2D eigenvalue weighted by molar-refractivity contribution is 7.10. The molecule has 0 fully saturated rings. The van der Waals surface area contributed by atoms with Gasteiger partial charge in [0.15, 0.2) is 0 Å². The van der Waals surface area contributed by atoms with E-state index in [1.807, 2.05) is 17.5 Å². The van der Waals surface area contributed by atoms with E-state index in [1.54, 1.807) is 21.0 Å². The molecule has 0 bridgehead atoms. The Kier molecular flexibility index (Phi) is 3.38. The first-order valence-electron chi connectivity index (χ1n) is 5.54. The van der Waals surface area contributed by atoms with Crippen LogP contribution in [0.4, 0.5) is 4.79 Å². The van der Waals surface area contributed by atoms with Crippen LogP contribution in [0.25, 0.3) is 0 Å². The van der Waals surface area contributed by atoms with Crippen LogP contribution in [0.5, 0.6) is 0 Å². The second-order valence-electron chi connectivity index (χ2n) is 4.29. The molecule has 5 nitrogen and oxygen atoms in total. The van der Waals surface area contributed by atoms with Crippen molar-refractivity contribution in [2.24, 2.45) is 0 Å². The fourth-order valence-electron chi connectivity index (χ4n) is 1.89. The van der Waals surface area contributed by atoms with E-state index in [9.17, 15) is 9.59 Å². The first-order chi connectivity index (χ1) is 8.50. The normalized spacial score (nSPS) is 19.3. The zero-order valence-corrected chi connectivity index (χ0v) is 11.3. The van der Waals surface area contributed by atoms with Gasteiger partial charge in [-0.25, -0.2) is 4.79 Å². The van der Waals surface area contributed by atoms with Crippen molar-refractivity contribution in [3.05, 3.63) is 33.7 Å². The highest BCUT2D eigenvalue weighted by Crippen LogP contribution is 2.30. The molecule has 2 rings (SSSR count). The molecule has 1 aliphatic rings. The van der Waals surface area contributed by atoms with Crippen LogP contribution in [0.1, 0.15) is 17.8 Å². The number of hydrogen-bond acceptors (Lipinski definition) is 3. The van der Waals surface area contributed by atoms with Gasteiger partial charge in [0.1, 0.15) is 0 Å². The van der Waals surface area contributed by atoms with Crippen molar-refractivity contribution in [3.8, 4) is 0 Å². The van der Waals surface area contributed by atoms with Crippen LogP contribution in [0.3, 0.4) is 0 Å². The summed E-state index contributed by atoms with van der Waals surface area (Å²) in [4.78, 5) is 26.2. The minimum atomic E-state index is -0.367. The number of nitrogens with one attached hydrogen (secondary N) is 2. The Morgan fingerprint density at radius 1 is 1.44 bits per heavy atom. The molecule has 2 heterocycles. The molecule has 0 aliphatic carbocycles. The van der Waals surface area contributed by atoms with Crippen LogP contribution >= 0.6 is 11.3 Å². The maximum absolute atomic E-state index is 12.2. The Bertz CT molecular complexity index is 505. The first-order valence-corrected chi connectivity index (χ1v) is 6.42. The topological polar surface area (TPSA) is 61.4 Å². The van der Waals surface area contributed by atoms with Gasteiger partial charge in [-0.3, -0.25) is 4.79 Å². The molecule has 0 aromatic carbocycles. The van der Waals surface area contributed by atoms with E-state index in [2.05, 4.69) is 10.6 Å². The lowest BCUT2D eigenvalue weighted by Crippen LogP contribution is -2.46. The predicted molar refractivity (Wildman–Crippen MR) is 70.1 cm³/mol. The van der Waals surface area contributed by atoms with Gasteiger partial charge in [0.05, 0.1) is 11.6 Å². The Hall–Kier alpha value is -1.82. The number of carbonyl (C=O) groups is 2. The summed E-state index contributed by atoms with van der Waals surface area (Å²) in [7, 11) is 3.40. The van der Waals surface area contributed by atoms with Gasteiger partial charge < -0.3 is 15.5 Å². The third kappa shape index (κ3) is 2.24. The molecule has 6 heteroatoms. The van der Waals surface area contributed by atoms with Crippen molar-refractivity contribution in [2.45, 2.75) is 13.0 Å². The van der Waals surface area contributed by atoms with E-state index >= 15 is 0 Å². The summed E-state index contributed by atoms with van der Waals surface area (Å²) in [5.74, 6) is -0.0987. The number of hydrogen-bond donors (Lipinski definition) is 2. The van der Waals surface area contributed by atoms with Gasteiger partial charge in [0, 0.05) is 24.7 Å². The van der Waals surface area contributed by atoms with E-state index in [4.69, 9.17) is 0 Å². The number of amides is 3. The SMILES string of the molecule is CC1=C(C(=O)N(C)C)[C@@H](c2cccs2)NC(=O)N1. The van der Waals surface area contributed by atoms with Crippen LogP contribution in [0.15, 0.2) is 28.8 Å². The molecule has 1 aromatic rings. The zero-order chi connectivity index (χ0) is 13.3. The number of rotatable bonds is 2. The number of likely N-dealkylation sites (N-methyl/N-ethyl adjacent to an activating group) is 1. The van der Waals surface area contributed by atoms with E-state index in [1.165, 1.54) is 16.2 Å². The van der Waals surface area contributed by atoms with Crippen molar-refractivity contribution in [1.82, 2.24) is 15.5 Å². The number of nitrogens with zero attached hydrogens (tertiary/aromatic N) is 1. The van der Waals surface area contributed by atoms with Crippen LogP contribution in [0, 0.1) is 0 Å². The summed E-state index contributed by atoms with van der Waals surface area (Å²) in [6, 6.07) is 3.17. The molecule has 2 N–H and O–H groups in total. The molecule has 0 radical (unpaired) electrons. The monoisotopic (exact) mass is 265 g/mol. The number of thiophene rings is 1. The standard InChI is InChI=1S/C12H15N3O2S/c1-7-9(11(16)15(2)3)10(14-12(17)13-7)8-5-4-6-18-8/h4-6,10H,1-3H3,(H2,13,14,17)/t10-/m1/s1. The van der Waals surface area contributed by atoms with Crippen LogP contribution < -0.4 is 10.6 Å². The largest absolute Gasteiger partial charge is 0.345 e. The molecular formula is C12H15N3O2S. The molecule has 0 unspecified atom stereocenters. The van der Waals surface area contributed by atoms with Gasteiger partial charge in [0.25, 0.3) is 5.91 Å². The smallest absolute Gasteiger partial charge is 0.319 e. The number of urea groups is 1. The molecule has 0 spiro atoms. The average Bonchev–Trinajstić information content (AvgIpc) is 2.80. The lowest BCUT2D eigenvalue weighted by Gasteiger charge is -2.29.